The van der Waals surface area contributed by atoms with E-state index in [1.165, 1.54) is 0 Å². The predicted octanol–water partition coefficient (Wildman–Crippen LogP) is 2.93. The summed E-state index contributed by atoms with van der Waals surface area (Å²) in [6, 6.07) is 0.239. The maximum Gasteiger partial charge on any atom is 0.108 e. The van der Waals surface area contributed by atoms with Crippen LogP contribution in [0.5, 0.6) is 0 Å². The van der Waals surface area contributed by atoms with Crippen molar-refractivity contribution in [1.29, 1.82) is 0 Å². The molecule has 0 spiro atoms. The van der Waals surface area contributed by atoms with Crippen molar-refractivity contribution in [3.63, 3.8) is 0 Å². The Kier molecular flexibility index (Phi) is 8.07. The molecule has 1 fully saturated rings. The van der Waals surface area contributed by atoms with Crippen molar-refractivity contribution in [2.24, 2.45) is 0 Å². The van der Waals surface area contributed by atoms with Gasteiger partial charge in [-0.05, 0) is 48.2 Å². The zero-order valence-corrected chi connectivity index (χ0v) is 15.3. The maximum absolute atomic E-state index is 9.94. The van der Waals surface area contributed by atoms with Crippen LogP contribution in [0.15, 0.2) is 23.2 Å². The Bertz CT molecular complexity index is 595. The Morgan fingerprint density at radius 3 is 2.95 bits per heavy atom. The summed E-state index contributed by atoms with van der Waals surface area (Å²) in [7, 11) is 0. The maximum atomic E-state index is 9.94. The van der Waals surface area contributed by atoms with E-state index in [4.69, 9.17) is 0 Å². The molecule has 0 saturated carbocycles. The Labute approximate surface area is 150 Å². The molecule has 124 valence electrons. The smallest absolute Gasteiger partial charge is 0.108 e. The van der Waals surface area contributed by atoms with Crippen LogP contribution in [-0.2, 0) is 6.54 Å². The first-order valence-electron chi connectivity index (χ1n) is 7.11. The number of aryl methyl sites for hydroxylation is 1. The van der Waals surface area contributed by atoms with Crippen LogP contribution in [0.3, 0.4) is 0 Å². The highest BCUT2D eigenvalue weighted by Gasteiger charge is 2.21. The molecule has 0 radical (unpaired) electrons. The molecular weight excluding hydrogens is 391 g/mol. The van der Waals surface area contributed by atoms with E-state index in [2.05, 4.69) is 35.8 Å². The number of imidazole rings is 1. The van der Waals surface area contributed by atoms with Crippen molar-refractivity contribution in [1.82, 2.24) is 19.9 Å². The summed E-state index contributed by atoms with van der Waals surface area (Å²) in [4.78, 5) is 8.49. The van der Waals surface area contributed by atoms with E-state index in [1.54, 1.807) is 12.4 Å². The second-order valence-electron chi connectivity index (χ2n) is 5.34. The number of fused-ring (bicyclic) bond motifs is 1. The molecule has 2 atom stereocenters. The fourth-order valence-electron chi connectivity index (χ4n) is 2.87. The van der Waals surface area contributed by atoms with Gasteiger partial charge < -0.3 is 15.0 Å². The van der Waals surface area contributed by atoms with Gasteiger partial charge in [0.25, 0.3) is 0 Å². The number of halogens is 3. The summed E-state index contributed by atoms with van der Waals surface area (Å²) in [5.41, 5.74) is 2.01. The molecule has 0 bridgehead atoms. The van der Waals surface area contributed by atoms with Crippen LogP contribution in [0.4, 0.5) is 0 Å². The van der Waals surface area contributed by atoms with Crippen LogP contribution in [-0.4, -0.2) is 38.3 Å². The number of piperidine rings is 1. The van der Waals surface area contributed by atoms with Crippen molar-refractivity contribution in [2.75, 3.05) is 6.54 Å². The molecule has 5 nitrogen and oxygen atoms in total. The van der Waals surface area contributed by atoms with Crippen molar-refractivity contribution in [3.05, 3.63) is 23.2 Å². The third kappa shape index (κ3) is 4.32. The van der Waals surface area contributed by atoms with Crippen molar-refractivity contribution in [3.8, 4) is 0 Å². The highest BCUT2D eigenvalue weighted by atomic mass is 79.9. The van der Waals surface area contributed by atoms with Gasteiger partial charge in [0.15, 0.2) is 0 Å². The van der Waals surface area contributed by atoms with Crippen LogP contribution in [0.1, 0.15) is 25.7 Å². The van der Waals surface area contributed by atoms with Crippen molar-refractivity contribution in [2.45, 2.75) is 44.4 Å². The highest BCUT2D eigenvalue weighted by Crippen LogP contribution is 2.22. The summed E-state index contributed by atoms with van der Waals surface area (Å²) < 4.78 is 3.12. The third-order valence-electron chi connectivity index (χ3n) is 3.94. The fourth-order valence-corrected chi connectivity index (χ4v) is 3.42. The average Bonchev–Trinajstić information content (AvgIpc) is 2.86. The van der Waals surface area contributed by atoms with Crippen LogP contribution in [0, 0.1) is 0 Å². The Morgan fingerprint density at radius 2 is 2.18 bits per heavy atom. The van der Waals surface area contributed by atoms with Gasteiger partial charge in [0.2, 0.25) is 0 Å². The molecule has 8 heteroatoms. The second kappa shape index (κ2) is 9.03. The van der Waals surface area contributed by atoms with Gasteiger partial charge in [-0.25, -0.2) is 4.98 Å². The number of aliphatic hydroxyl groups excluding tert-OH is 1. The zero-order chi connectivity index (χ0) is 13.9. The summed E-state index contributed by atoms with van der Waals surface area (Å²) in [5.74, 6) is 0. The SMILES string of the molecule is Cl.Cl.O[C@H]1CCCN[C@@H]1CCCn1cnc2cncc(Br)c21. The Morgan fingerprint density at radius 1 is 1.36 bits per heavy atom. The molecule has 1 saturated heterocycles. The van der Waals surface area contributed by atoms with Crippen molar-refractivity contribution < 1.29 is 5.11 Å². The van der Waals surface area contributed by atoms with Crippen LogP contribution >= 0.6 is 40.7 Å². The van der Waals surface area contributed by atoms with Gasteiger partial charge in [0.1, 0.15) is 5.52 Å². The van der Waals surface area contributed by atoms with Crippen LogP contribution < -0.4 is 5.32 Å². The van der Waals surface area contributed by atoms with E-state index in [1.807, 2.05) is 6.33 Å². The molecule has 3 rings (SSSR count). The molecule has 0 unspecified atom stereocenters. The minimum Gasteiger partial charge on any atom is -0.392 e. The average molecular weight is 412 g/mol. The lowest BCUT2D eigenvalue weighted by Crippen LogP contribution is -2.44. The predicted molar refractivity (Wildman–Crippen MR) is 96.0 cm³/mol. The molecule has 0 aromatic carbocycles. The number of hydrogen-bond acceptors (Lipinski definition) is 4. The molecule has 1 aliphatic heterocycles. The van der Waals surface area contributed by atoms with E-state index < -0.39 is 0 Å². The van der Waals surface area contributed by atoms with Gasteiger partial charge in [-0.2, -0.15) is 0 Å². The molecular formula is C14H21BrCl2N4O. The summed E-state index contributed by atoms with van der Waals surface area (Å²) in [6.07, 6.45) is 9.25. The quantitative estimate of drug-likeness (QED) is 0.811. The summed E-state index contributed by atoms with van der Waals surface area (Å²) in [6.45, 7) is 1.93. The molecule has 2 N–H and O–H groups in total. The number of rotatable bonds is 4. The van der Waals surface area contributed by atoms with Gasteiger partial charge in [-0.1, -0.05) is 0 Å². The number of nitrogens with zero attached hydrogens (tertiary/aromatic N) is 3. The van der Waals surface area contributed by atoms with Crippen LogP contribution in [0.25, 0.3) is 11.0 Å². The number of hydrogen-bond donors (Lipinski definition) is 2. The second-order valence-corrected chi connectivity index (χ2v) is 6.19. The topological polar surface area (TPSA) is 63.0 Å². The number of aromatic nitrogens is 3. The lowest BCUT2D eigenvalue weighted by Gasteiger charge is -2.29. The lowest BCUT2D eigenvalue weighted by atomic mass is 9.97. The first kappa shape index (κ1) is 19.6. The molecule has 3 heterocycles. The molecule has 2 aromatic rings. The van der Waals surface area contributed by atoms with Gasteiger partial charge >= 0.3 is 0 Å². The van der Waals surface area contributed by atoms with Crippen molar-refractivity contribution >= 4 is 51.8 Å². The first-order chi connectivity index (χ1) is 9.75. The Hall–Kier alpha value is -0.400. The van der Waals surface area contributed by atoms with E-state index in [0.717, 1.165) is 54.3 Å². The largest absolute Gasteiger partial charge is 0.392 e. The number of aliphatic hydroxyl groups is 1. The normalized spacial score (nSPS) is 21.2. The lowest BCUT2D eigenvalue weighted by molar-refractivity contribution is 0.0909. The molecule has 0 aliphatic carbocycles. The highest BCUT2D eigenvalue weighted by molar-refractivity contribution is 9.10. The molecule has 2 aromatic heterocycles. The summed E-state index contributed by atoms with van der Waals surface area (Å²) in [5, 5.41) is 13.3. The Balaban J connectivity index is 0.00000121. The third-order valence-corrected chi connectivity index (χ3v) is 4.52. The fraction of sp³-hybridized carbons (Fsp3) is 0.571. The standard InChI is InChI=1S/C14H19BrN4O.2ClH/c15-10-7-16-8-12-14(10)19(9-18-12)6-2-3-11-13(20)4-1-5-17-11;;/h7-9,11,13,17,20H,1-6H2;2*1H/t11-,13+;;/m1../s1. The van der Waals surface area contributed by atoms with Gasteiger partial charge in [-0.3, -0.25) is 4.98 Å². The monoisotopic (exact) mass is 410 g/mol. The molecule has 0 amide bonds. The first-order valence-corrected chi connectivity index (χ1v) is 7.91. The number of nitrogens with one attached hydrogen (secondary N) is 1. The van der Waals surface area contributed by atoms with E-state index >= 15 is 0 Å². The minimum absolute atomic E-state index is 0. The summed E-state index contributed by atoms with van der Waals surface area (Å²) >= 11 is 3.53. The van der Waals surface area contributed by atoms with Gasteiger partial charge in [0, 0.05) is 18.8 Å². The van der Waals surface area contributed by atoms with Gasteiger partial charge in [-0.15, -0.1) is 24.8 Å². The van der Waals surface area contributed by atoms with E-state index in [0.29, 0.717) is 0 Å². The zero-order valence-electron chi connectivity index (χ0n) is 12.1. The molecule has 1 aliphatic rings. The number of pyridine rings is 1. The minimum atomic E-state index is -0.195. The molecule has 22 heavy (non-hydrogen) atoms. The van der Waals surface area contributed by atoms with Gasteiger partial charge in [0.05, 0.1) is 28.6 Å². The van der Waals surface area contributed by atoms with Crippen LogP contribution in [0.2, 0.25) is 0 Å². The van der Waals surface area contributed by atoms with E-state index in [-0.39, 0.29) is 37.0 Å². The van der Waals surface area contributed by atoms with E-state index in [9.17, 15) is 5.11 Å².